The van der Waals surface area contributed by atoms with E-state index in [-0.39, 0.29) is 0 Å². The van der Waals surface area contributed by atoms with E-state index in [9.17, 15) is 0 Å². The molecule has 3 radical (unpaired) electrons. The molecule has 1 aromatic carbocycles. The molecule has 0 saturated heterocycles. The van der Waals surface area contributed by atoms with Crippen LogP contribution < -0.4 is 10.5 Å². The molecule has 1 rings (SSSR count). The monoisotopic (exact) mass is 260 g/mol. The van der Waals surface area contributed by atoms with Crippen LogP contribution in [0.1, 0.15) is 70.4 Å². The molecular weight excluding hydrogens is 234 g/mol. The van der Waals surface area contributed by atoms with E-state index >= 15 is 0 Å². The van der Waals surface area contributed by atoms with Crippen LogP contribution in [0.4, 0.5) is 5.69 Å². The van der Waals surface area contributed by atoms with Gasteiger partial charge < -0.3 is 5.32 Å². The number of anilines is 1. The zero-order valence-corrected chi connectivity index (χ0v) is 13.4. The van der Waals surface area contributed by atoms with Gasteiger partial charge in [0.05, 0.1) is 10.2 Å². The van der Waals surface area contributed by atoms with Gasteiger partial charge in [0, 0.05) is 12.2 Å². The summed E-state index contributed by atoms with van der Waals surface area (Å²) in [5.41, 5.74) is 4.30. The van der Waals surface area contributed by atoms with E-state index in [0.29, 0.717) is 11.8 Å². The predicted molar refractivity (Wildman–Crippen MR) is 83.4 cm³/mol. The third kappa shape index (κ3) is 3.17. The van der Waals surface area contributed by atoms with Gasteiger partial charge in [-0.25, -0.2) is 0 Å². The SMILES string of the molecule is CCNc1ccc([Si])c(C(C)CC)c1C(C)CC. The highest BCUT2D eigenvalue weighted by molar-refractivity contribution is 6.33. The summed E-state index contributed by atoms with van der Waals surface area (Å²) in [6.45, 7) is 12.3. The standard InChI is InChI=1S/C16H26NSi/c1-6-11(4)15-13(17-8-3)9-10-14(18)16(15)12(5)7-2/h9-12,17H,6-8H2,1-5H3. The second-order valence-corrected chi connectivity index (χ2v) is 5.68. The summed E-state index contributed by atoms with van der Waals surface area (Å²) in [4.78, 5) is 0. The molecule has 1 N–H and O–H groups in total. The highest BCUT2D eigenvalue weighted by Gasteiger charge is 2.19. The van der Waals surface area contributed by atoms with Gasteiger partial charge in [-0.3, -0.25) is 0 Å². The number of benzene rings is 1. The minimum absolute atomic E-state index is 0.597. The molecule has 0 bridgehead atoms. The molecule has 1 aromatic rings. The van der Waals surface area contributed by atoms with Gasteiger partial charge in [-0.1, -0.05) is 38.9 Å². The molecule has 0 aliphatic heterocycles. The third-order valence-electron chi connectivity index (χ3n) is 3.86. The summed E-state index contributed by atoms with van der Waals surface area (Å²) in [6.07, 6.45) is 2.36. The van der Waals surface area contributed by atoms with Crippen molar-refractivity contribution in [1.82, 2.24) is 0 Å². The van der Waals surface area contributed by atoms with Crippen LogP contribution >= 0.6 is 0 Å². The zero-order valence-electron chi connectivity index (χ0n) is 12.4. The van der Waals surface area contributed by atoms with Crippen LogP contribution in [0.25, 0.3) is 0 Å². The lowest BCUT2D eigenvalue weighted by atomic mass is 9.85. The van der Waals surface area contributed by atoms with E-state index in [4.69, 9.17) is 0 Å². The van der Waals surface area contributed by atoms with Gasteiger partial charge in [-0.05, 0) is 48.8 Å². The molecule has 18 heavy (non-hydrogen) atoms. The fourth-order valence-electron chi connectivity index (χ4n) is 2.45. The van der Waals surface area contributed by atoms with E-state index < -0.39 is 0 Å². The molecule has 0 spiro atoms. The molecule has 0 amide bonds. The Hall–Kier alpha value is -0.763. The lowest BCUT2D eigenvalue weighted by molar-refractivity contribution is 0.681. The van der Waals surface area contributed by atoms with Gasteiger partial charge in [0.1, 0.15) is 0 Å². The van der Waals surface area contributed by atoms with Gasteiger partial charge in [-0.2, -0.15) is 0 Å². The summed E-state index contributed by atoms with van der Waals surface area (Å²) in [6, 6.07) is 4.39. The average molecular weight is 260 g/mol. The minimum Gasteiger partial charge on any atom is -0.385 e. The minimum atomic E-state index is 0.597. The first-order valence-electron chi connectivity index (χ1n) is 7.18. The zero-order chi connectivity index (χ0) is 13.7. The van der Waals surface area contributed by atoms with Crippen molar-refractivity contribution < 1.29 is 0 Å². The highest BCUT2D eigenvalue weighted by atomic mass is 28.1. The van der Waals surface area contributed by atoms with E-state index in [1.165, 1.54) is 34.8 Å². The van der Waals surface area contributed by atoms with Crippen LogP contribution in [0.15, 0.2) is 12.1 Å². The lowest BCUT2D eigenvalue weighted by Gasteiger charge is -2.25. The maximum absolute atomic E-state index is 3.80. The number of nitrogens with one attached hydrogen (secondary N) is 1. The molecule has 2 unspecified atom stereocenters. The van der Waals surface area contributed by atoms with Crippen LogP contribution in [-0.2, 0) is 0 Å². The Morgan fingerprint density at radius 3 is 2.06 bits per heavy atom. The van der Waals surface area contributed by atoms with E-state index in [0.717, 1.165) is 6.54 Å². The first kappa shape index (κ1) is 15.3. The van der Waals surface area contributed by atoms with Gasteiger partial charge in [0.25, 0.3) is 0 Å². The quantitative estimate of drug-likeness (QED) is 0.764. The average Bonchev–Trinajstić information content (AvgIpc) is 2.38. The van der Waals surface area contributed by atoms with Crippen molar-refractivity contribution in [2.75, 3.05) is 11.9 Å². The highest BCUT2D eigenvalue weighted by Crippen LogP contribution is 2.34. The van der Waals surface area contributed by atoms with E-state index in [1.807, 2.05) is 0 Å². The van der Waals surface area contributed by atoms with Crippen LogP contribution in [0, 0.1) is 0 Å². The van der Waals surface area contributed by atoms with Crippen molar-refractivity contribution >= 4 is 21.1 Å². The molecule has 0 saturated carbocycles. The molecule has 0 fully saturated rings. The van der Waals surface area contributed by atoms with Crippen molar-refractivity contribution in [2.45, 2.75) is 59.3 Å². The smallest absolute Gasteiger partial charge is 0.0716 e. The summed E-state index contributed by atoms with van der Waals surface area (Å²) < 4.78 is 0. The molecule has 0 aliphatic rings. The second-order valence-electron chi connectivity index (χ2n) is 5.14. The molecule has 0 heterocycles. The van der Waals surface area contributed by atoms with Crippen LogP contribution in [0.3, 0.4) is 0 Å². The normalized spacial score (nSPS) is 14.3. The van der Waals surface area contributed by atoms with Crippen molar-refractivity contribution in [3.05, 3.63) is 23.3 Å². The lowest BCUT2D eigenvalue weighted by Crippen LogP contribution is -2.19. The van der Waals surface area contributed by atoms with E-state index in [2.05, 4.69) is 62.3 Å². The Labute approximate surface area is 116 Å². The van der Waals surface area contributed by atoms with Crippen molar-refractivity contribution in [3.8, 4) is 0 Å². The van der Waals surface area contributed by atoms with Crippen LogP contribution in [-0.4, -0.2) is 16.8 Å². The molecule has 0 aromatic heterocycles. The fourth-order valence-corrected chi connectivity index (χ4v) is 2.92. The van der Waals surface area contributed by atoms with Gasteiger partial charge in [0.2, 0.25) is 0 Å². The topological polar surface area (TPSA) is 12.0 Å². The molecule has 99 valence electrons. The Morgan fingerprint density at radius 2 is 1.56 bits per heavy atom. The maximum atomic E-state index is 3.80. The van der Waals surface area contributed by atoms with Crippen molar-refractivity contribution in [2.24, 2.45) is 0 Å². The van der Waals surface area contributed by atoms with Gasteiger partial charge in [-0.15, -0.1) is 0 Å². The number of hydrogen-bond donors (Lipinski definition) is 1. The Balaban J connectivity index is 3.39. The summed E-state index contributed by atoms with van der Waals surface area (Å²) in [7, 11) is 3.80. The maximum Gasteiger partial charge on any atom is 0.0716 e. The molecule has 1 nitrogen and oxygen atoms in total. The number of rotatable bonds is 6. The Bertz CT molecular complexity index is 387. The third-order valence-corrected chi connectivity index (χ3v) is 4.30. The Kier molecular flexibility index (Phi) is 5.93. The fraction of sp³-hybridized carbons (Fsp3) is 0.625. The molecule has 2 atom stereocenters. The van der Waals surface area contributed by atoms with E-state index in [1.54, 1.807) is 0 Å². The van der Waals surface area contributed by atoms with Crippen LogP contribution in [0.5, 0.6) is 0 Å². The summed E-state index contributed by atoms with van der Waals surface area (Å²) in [5, 5.41) is 4.77. The first-order chi connectivity index (χ1) is 8.56. The second kappa shape index (κ2) is 6.98. The summed E-state index contributed by atoms with van der Waals surface area (Å²) in [5.74, 6) is 1.19. The Morgan fingerprint density at radius 1 is 1.00 bits per heavy atom. The van der Waals surface area contributed by atoms with Crippen molar-refractivity contribution in [3.63, 3.8) is 0 Å². The van der Waals surface area contributed by atoms with Crippen molar-refractivity contribution in [1.29, 1.82) is 0 Å². The molecular formula is C16H26NSi. The number of hydrogen-bond acceptors (Lipinski definition) is 1. The summed E-state index contributed by atoms with van der Waals surface area (Å²) >= 11 is 0. The molecule has 2 heteroatoms. The van der Waals surface area contributed by atoms with Gasteiger partial charge in [0.15, 0.2) is 0 Å². The molecule has 0 aliphatic carbocycles. The predicted octanol–water partition coefficient (Wildman–Crippen LogP) is 3.94. The van der Waals surface area contributed by atoms with Gasteiger partial charge >= 0.3 is 0 Å². The largest absolute Gasteiger partial charge is 0.385 e. The van der Waals surface area contributed by atoms with Crippen LogP contribution in [0.2, 0.25) is 0 Å². The first-order valence-corrected chi connectivity index (χ1v) is 7.68.